The van der Waals surface area contributed by atoms with Gasteiger partial charge in [0.05, 0.1) is 11.5 Å². The van der Waals surface area contributed by atoms with E-state index in [1.54, 1.807) is 17.0 Å². The van der Waals surface area contributed by atoms with Crippen molar-refractivity contribution in [2.24, 2.45) is 0 Å². The number of carboxylic acids is 1. The molecule has 0 aromatic heterocycles. The van der Waals surface area contributed by atoms with E-state index in [1.165, 1.54) is 6.07 Å². The molecule has 1 saturated heterocycles. The highest BCUT2D eigenvalue weighted by Gasteiger charge is 2.37. The number of carbonyl (C=O) groups is 2. The molecule has 138 valence electrons. The van der Waals surface area contributed by atoms with Gasteiger partial charge in [-0.05, 0) is 18.1 Å². The van der Waals surface area contributed by atoms with Gasteiger partial charge < -0.3 is 25.0 Å². The minimum Gasteiger partial charge on any atom is -0.534 e. The zero-order chi connectivity index (χ0) is 18.7. The Balaban J connectivity index is 1.59. The van der Waals surface area contributed by atoms with Gasteiger partial charge in [-0.3, -0.25) is 9.69 Å². The molecule has 2 aliphatic rings. The Labute approximate surface area is 152 Å². The zero-order valence-electron chi connectivity index (χ0n) is 14.4. The number of carbonyl (C=O) groups excluding carboxylic acids is 1. The van der Waals surface area contributed by atoms with E-state index >= 15 is 0 Å². The number of nitrogens with zero attached hydrogens (tertiary/aromatic N) is 2. The van der Waals surface area contributed by atoms with Gasteiger partial charge in [-0.2, -0.15) is 0 Å². The highest BCUT2D eigenvalue weighted by atomic mass is 16.5. The van der Waals surface area contributed by atoms with Crippen LogP contribution >= 0.6 is 0 Å². The molecule has 0 spiro atoms. The molecule has 1 amide bonds. The number of rotatable bonds is 6. The van der Waals surface area contributed by atoms with E-state index < -0.39 is 19.0 Å². The molecule has 3 rings (SSSR count). The molecule has 9 heteroatoms. The van der Waals surface area contributed by atoms with E-state index in [0.29, 0.717) is 26.1 Å². The number of carboxylic acid groups (broad SMARTS) is 1. The third kappa shape index (κ3) is 4.00. The summed E-state index contributed by atoms with van der Waals surface area (Å²) in [7, 11) is -1.16. The van der Waals surface area contributed by atoms with Crippen LogP contribution in [0.5, 0.6) is 5.75 Å². The average Bonchev–Trinajstić information content (AvgIpc) is 2.62. The van der Waals surface area contributed by atoms with Gasteiger partial charge in [0.15, 0.2) is 0 Å². The van der Waals surface area contributed by atoms with E-state index in [9.17, 15) is 19.7 Å². The van der Waals surface area contributed by atoms with Crippen molar-refractivity contribution in [2.75, 3.05) is 32.7 Å². The van der Waals surface area contributed by atoms with Gasteiger partial charge in [0, 0.05) is 38.4 Å². The predicted octanol–water partition coefficient (Wildman–Crippen LogP) is -0.415. The van der Waals surface area contributed by atoms with E-state index in [-0.39, 0.29) is 11.3 Å². The van der Waals surface area contributed by atoms with Crippen molar-refractivity contribution in [1.82, 2.24) is 15.1 Å². The van der Waals surface area contributed by atoms with Crippen LogP contribution in [0.1, 0.15) is 15.9 Å². The molecule has 1 atom stereocenters. The molecule has 0 aliphatic carbocycles. The summed E-state index contributed by atoms with van der Waals surface area (Å²) in [6, 6.07) is 4.92. The van der Waals surface area contributed by atoms with Crippen molar-refractivity contribution in [3.8, 4) is 5.75 Å². The van der Waals surface area contributed by atoms with E-state index in [1.807, 2.05) is 0 Å². The maximum Gasteiger partial charge on any atom is 0.546 e. The Kier molecular flexibility index (Phi) is 5.48. The molecule has 1 aromatic rings. The van der Waals surface area contributed by atoms with Gasteiger partial charge in [-0.25, -0.2) is 4.79 Å². The third-order valence-corrected chi connectivity index (χ3v) is 4.71. The minimum absolute atomic E-state index is 0.0480. The molecule has 1 fully saturated rings. The topological polar surface area (TPSA) is 102 Å². The molecular weight excluding hydrogens is 337 g/mol. The second-order valence-electron chi connectivity index (χ2n) is 6.58. The van der Waals surface area contributed by atoms with Gasteiger partial charge in [0.1, 0.15) is 5.75 Å². The molecule has 0 radical (unpaired) electrons. The van der Waals surface area contributed by atoms with Gasteiger partial charge in [0.25, 0.3) is 0 Å². The largest absolute Gasteiger partial charge is 0.546 e. The Morgan fingerprint density at radius 2 is 2.12 bits per heavy atom. The third-order valence-electron chi connectivity index (χ3n) is 4.71. The molecule has 1 unspecified atom stereocenters. The lowest BCUT2D eigenvalue weighted by atomic mass is 9.72. The summed E-state index contributed by atoms with van der Waals surface area (Å²) in [5.74, 6) is -1.27. The Morgan fingerprint density at radius 3 is 2.77 bits per heavy atom. The molecule has 2 aliphatic heterocycles. The maximum absolute atomic E-state index is 11.3. The zero-order valence-corrected chi connectivity index (χ0v) is 14.4. The lowest BCUT2D eigenvalue weighted by Gasteiger charge is -2.34. The first-order chi connectivity index (χ1) is 12.5. The summed E-state index contributed by atoms with van der Waals surface area (Å²) in [5, 5.41) is 22.7. The summed E-state index contributed by atoms with van der Waals surface area (Å²) in [6.07, 6.45) is 1.30. The number of hydrogen-bond acceptors (Lipinski definition) is 6. The fraction of sp³-hybridized carbons (Fsp3) is 0.412. The number of fused-ring (bicyclic) bond motifs is 1. The SMILES string of the molecule is C=C(CN1CCN(C=O)CC1)NC1Cc2cccc(C(=O)O)c2OB1O. The molecule has 0 bridgehead atoms. The maximum atomic E-state index is 11.3. The first kappa shape index (κ1) is 18.3. The average molecular weight is 359 g/mol. The Morgan fingerprint density at radius 1 is 1.38 bits per heavy atom. The quantitative estimate of drug-likeness (QED) is 0.469. The first-order valence-electron chi connectivity index (χ1n) is 8.54. The van der Waals surface area contributed by atoms with Crippen LogP contribution in [0.2, 0.25) is 0 Å². The molecule has 0 saturated carbocycles. The van der Waals surface area contributed by atoms with Gasteiger partial charge >= 0.3 is 13.1 Å². The smallest absolute Gasteiger partial charge is 0.534 e. The van der Waals surface area contributed by atoms with Crippen LogP contribution in [0.4, 0.5) is 0 Å². The number of amides is 1. The van der Waals surface area contributed by atoms with Crippen molar-refractivity contribution < 1.29 is 24.4 Å². The van der Waals surface area contributed by atoms with Crippen molar-refractivity contribution in [1.29, 1.82) is 0 Å². The monoisotopic (exact) mass is 359 g/mol. The normalized spacial score (nSPS) is 20.1. The van der Waals surface area contributed by atoms with Crippen molar-refractivity contribution in [2.45, 2.75) is 12.4 Å². The molecule has 8 nitrogen and oxygen atoms in total. The van der Waals surface area contributed by atoms with Crippen LogP contribution in [-0.4, -0.2) is 78.1 Å². The number of benzene rings is 1. The summed E-state index contributed by atoms with van der Waals surface area (Å²) in [4.78, 5) is 26.0. The van der Waals surface area contributed by atoms with Gasteiger partial charge in [0.2, 0.25) is 6.41 Å². The summed E-state index contributed by atoms with van der Waals surface area (Å²) < 4.78 is 5.47. The van der Waals surface area contributed by atoms with E-state index in [0.717, 1.165) is 30.8 Å². The van der Waals surface area contributed by atoms with E-state index in [2.05, 4.69) is 16.8 Å². The predicted molar refractivity (Wildman–Crippen MR) is 95.8 cm³/mol. The van der Waals surface area contributed by atoms with Crippen molar-refractivity contribution >= 4 is 19.5 Å². The van der Waals surface area contributed by atoms with Crippen LogP contribution in [0.3, 0.4) is 0 Å². The van der Waals surface area contributed by atoms with Crippen LogP contribution < -0.4 is 9.97 Å². The van der Waals surface area contributed by atoms with Gasteiger partial charge in [-0.15, -0.1) is 0 Å². The first-order valence-corrected chi connectivity index (χ1v) is 8.54. The summed E-state index contributed by atoms with van der Waals surface area (Å²) in [5.41, 5.74) is 1.53. The molecule has 26 heavy (non-hydrogen) atoms. The lowest BCUT2D eigenvalue weighted by molar-refractivity contribution is -0.119. The number of piperazine rings is 1. The van der Waals surface area contributed by atoms with E-state index in [4.69, 9.17) is 4.65 Å². The molecule has 2 heterocycles. The fourth-order valence-corrected chi connectivity index (χ4v) is 3.32. The van der Waals surface area contributed by atoms with Crippen LogP contribution in [0.15, 0.2) is 30.5 Å². The van der Waals surface area contributed by atoms with Crippen LogP contribution in [0, 0.1) is 0 Å². The van der Waals surface area contributed by atoms with Crippen molar-refractivity contribution in [3.05, 3.63) is 41.6 Å². The number of hydrogen-bond donors (Lipinski definition) is 3. The standard InChI is InChI=1S/C17H22BN3O5/c1-12(10-20-5-7-21(11-22)8-6-20)19-15-9-13-3-2-4-14(17(23)24)16(13)26-18(15)25/h2-4,11,15,19,25H,1,5-10H2,(H,23,24). The molecular formula is C17H22BN3O5. The molecule has 3 N–H and O–H groups in total. The number of para-hydroxylation sites is 1. The highest BCUT2D eigenvalue weighted by Crippen LogP contribution is 2.30. The summed E-state index contributed by atoms with van der Waals surface area (Å²) >= 11 is 0. The number of aromatic carboxylic acids is 1. The second kappa shape index (κ2) is 7.80. The Bertz CT molecular complexity index is 706. The van der Waals surface area contributed by atoms with Crippen LogP contribution in [-0.2, 0) is 11.2 Å². The minimum atomic E-state index is -1.16. The number of nitrogens with one attached hydrogen (secondary N) is 1. The lowest BCUT2D eigenvalue weighted by Crippen LogP contribution is -2.53. The second-order valence-corrected chi connectivity index (χ2v) is 6.58. The van der Waals surface area contributed by atoms with Gasteiger partial charge in [-0.1, -0.05) is 18.7 Å². The Hall–Kier alpha value is -2.52. The fourth-order valence-electron chi connectivity index (χ4n) is 3.32. The van der Waals surface area contributed by atoms with Crippen LogP contribution in [0.25, 0.3) is 0 Å². The van der Waals surface area contributed by atoms with Crippen molar-refractivity contribution in [3.63, 3.8) is 0 Å². The summed E-state index contributed by atoms with van der Waals surface area (Å²) in [6.45, 7) is 7.56. The molecule has 1 aromatic carbocycles. The highest BCUT2D eigenvalue weighted by molar-refractivity contribution is 6.46.